The van der Waals surface area contributed by atoms with Gasteiger partial charge in [0, 0.05) is 36.5 Å². The molecule has 4 aromatic carbocycles. The van der Waals surface area contributed by atoms with Crippen LogP contribution in [-0.2, 0) is 9.47 Å². The van der Waals surface area contributed by atoms with E-state index in [-0.39, 0.29) is 48.0 Å². The average molecular weight is 521 g/mol. The van der Waals surface area contributed by atoms with E-state index in [4.69, 9.17) is 19.5 Å². The molecule has 4 heteroatoms. The van der Waals surface area contributed by atoms with Crippen LogP contribution in [0.2, 0.25) is 0 Å². The Kier molecular flexibility index (Phi) is 4.17. The molecule has 4 nitrogen and oxygen atoms in total. The minimum Gasteiger partial charge on any atom is -0.474 e. The maximum atomic E-state index is 6.69. The molecule has 0 fully saturated rings. The molecule has 0 spiro atoms. The molecule has 0 N–H and O–H groups in total. The van der Waals surface area contributed by atoms with Gasteiger partial charge in [0.05, 0.1) is 0 Å². The van der Waals surface area contributed by atoms with Crippen LogP contribution in [0.15, 0.2) is 107 Å². The Bertz CT molecular complexity index is 1560. The van der Waals surface area contributed by atoms with E-state index < -0.39 is 0 Å². The zero-order chi connectivity index (χ0) is 25.9. The molecule has 0 amide bonds. The summed E-state index contributed by atoms with van der Waals surface area (Å²) in [4.78, 5) is 10.5. The molecule has 0 unspecified atom stereocenters. The zero-order valence-electron chi connectivity index (χ0n) is 22.0. The molecule has 0 radical (unpaired) electrons. The normalized spacial score (nSPS) is 32.4. The molecule has 40 heavy (non-hydrogen) atoms. The molecule has 8 aliphatic rings. The Balaban J connectivity index is 0.938. The van der Waals surface area contributed by atoms with Crippen LogP contribution in [0.5, 0.6) is 0 Å². The summed E-state index contributed by atoms with van der Waals surface area (Å²) in [6.45, 7) is 0. The van der Waals surface area contributed by atoms with Crippen LogP contribution in [0, 0.1) is 0 Å². The second-order valence-corrected chi connectivity index (χ2v) is 12.1. The number of benzene rings is 4. The Morgan fingerprint density at radius 3 is 0.975 bits per heavy atom. The Morgan fingerprint density at radius 2 is 0.675 bits per heavy atom. The van der Waals surface area contributed by atoms with E-state index >= 15 is 0 Å². The third-order valence-electron chi connectivity index (χ3n) is 10.4. The van der Waals surface area contributed by atoms with Gasteiger partial charge in [0.1, 0.15) is 24.3 Å². The first-order valence-electron chi connectivity index (χ1n) is 14.7. The van der Waals surface area contributed by atoms with Crippen molar-refractivity contribution in [2.24, 2.45) is 9.98 Å². The highest BCUT2D eigenvalue weighted by atomic mass is 16.5. The minimum absolute atomic E-state index is 0.0682. The highest BCUT2D eigenvalue weighted by Gasteiger charge is 2.55. The summed E-state index contributed by atoms with van der Waals surface area (Å²) in [6.07, 6.45) is 1.59. The van der Waals surface area contributed by atoms with Crippen molar-refractivity contribution in [1.29, 1.82) is 0 Å². The molecule has 6 aliphatic carbocycles. The quantitative estimate of drug-likeness (QED) is 0.302. The largest absolute Gasteiger partial charge is 0.474 e. The molecule has 0 saturated heterocycles. The lowest BCUT2D eigenvalue weighted by Gasteiger charge is -2.46. The predicted molar refractivity (Wildman–Crippen MR) is 155 cm³/mol. The first-order chi connectivity index (χ1) is 19.8. The first kappa shape index (κ1) is 21.6. The topological polar surface area (TPSA) is 43.2 Å². The van der Waals surface area contributed by atoms with Gasteiger partial charge in [-0.05, 0) is 44.5 Å². The third kappa shape index (κ3) is 2.67. The second-order valence-electron chi connectivity index (χ2n) is 12.1. The maximum absolute atomic E-state index is 6.69. The van der Waals surface area contributed by atoms with Crippen molar-refractivity contribution in [3.63, 3.8) is 0 Å². The smallest absolute Gasteiger partial charge is 0.184 e. The molecule has 194 valence electrons. The van der Waals surface area contributed by atoms with Crippen LogP contribution >= 0.6 is 0 Å². The highest BCUT2D eigenvalue weighted by molar-refractivity contribution is 5.87. The fourth-order valence-electron chi connectivity index (χ4n) is 8.94. The van der Waals surface area contributed by atoms with Gasteiger partial charge in [-0.3, -0.25) is 0 Å². The van der Waals surface area contributed by atoms with Crippen LogP contribution in [0.3, 0.4) is 0 Å². The molecular weight excluding hydrogens is 492 g/mol. The van der Waals surface area contributed by atoms with E-state index in [2.05, 4.69) is 97.1 Å². The SMILES string of the molecule is c1ccc2c(c1)C1c3ccccc3C2[C@@H]2N=C(CCC3=N[C@H]4C5c6ccccc6C(c6ccccc65)[C@H]4O3)O[C@H]12. The van der Waals surface area contributed by atoms with Crippen LogP contribution in [0.1, 0.15) is 81.0 Å². The average Bonchev–Trinajstić information content (AvgIpc) is 3.65. The van der Waals surface area contributed by atoms with Crippen LogP contribution in [0.4, 0.5) is 0 Å². The molecule has 2 aliphatic heterocycles. The standard InChI is InChI=1S/C36H28N2O2/c1-5-13-23-19(9-1)29-20-10-2-6-14-24(20)31(23)35-33(29)37-27(39-35)17-18-28-38-34-30-21-11-3-7-15-25(21)32(36(34)40-28)26-16-8-4-12-22(26)30/h1-16,29-36H,17-18H2/t29?,30?,31?,32?,33-,34-,35+,36+/m0/s1. The number of hydrogen-bond acceptors (Lipinski definition) is 4. The van der Waals surface area contributed by atoms with Gasteiger partial charge in [-0.25, -0.2) is 9.98 Å². The van der Waals surface area contributed by atoms with Crippen LogP contribution < -0.4 is 0 Å². The van der Waals surface area contributed by atoms with Crippen molar-refractivity contribution in [3.8, 4) is 0 Å². The lowest BCUT2D eigenvalue weighted by atomic mass is 9.60. The van der Waals surface area contributed by atoms with E-state index in [1.165, 1.54) is 44.5 Å². The predicted octanol–water partition coefficient (Wildman–Crippen LogP) is 6.68. The molecular formula is C36H28N2O2. The van der Waals surface area contributed by atoms with Gasteiger partial charge in [0.25, 0.3) is 0 Å². The van der Waals surface area contributed by atoms with Gasteiger partial charge in [0.2, 0.25) is 0 Å². The van der Waals surface area contributed by atoms with E-state index in [9.17, 15) is 0 Å². The van der Waals surface area contributed by atoms with Crippen molar-refractivity contribution in [3.05, 3.63) is 142 Å². The fourth-order valence-corrected chi connectivity index (χ4v) is 8.94. The van der Waals surface area contributed by atoms with Gasteiger partial charge >= 0.3 is 0 Å². The van der Waals surface area contributed by atoms with Crippen LogP contribution in [0.25, 0.3) is 0 Å². The number of aliphatic imine (C=N–C) groups is 2. The molecule has 0 aromatic heterocycles. The number of nitrogens with zero attached hydrogens (tertiary/aromatic N) is 2. The van der Waals surface area contributed by atoms with E-state index in [1.54, 1.807) is 0 Å². The lowest BCUT2D eigenvalue weighted by molar-refractivity contribution is 0.139. The Hall–Kier alpha value is -4.18. The molecule has 12 rings (SSSR count). The van der Waals surface area contributed by atoms with Crippen molar-refractivity contribution < 1.29 is 9.47 Å². The number of ether oxygens (including phenoxy) is 2. The van der Waals surface area contributed by atoms with E-state index in [0.717, 1.165) is 24.6 Å². The summed E-state index contributed by atoms with van der Waals surface area (Å²) in [5, 5.41) is 0. The molecule has 4 aromatic rings. The number of rotatable bonds is 3. The summed E-state index contributed by atoms with van der Waals surface area (Å²) < 4.78 is 13.4. The summed E-state index contributed by atoms with van der Waals surface area (Å²) in [6, 6.07) is 35.9. The van der Waals surface area contributed by atoms with Crippen molar-refractivity contribution in [2.45, 2.75) is 60.8 Å². The molecule has 4 atom stereocenters. The first-order valence-corrected chi connectivity index (χ1v) is 14.7. The van der Waals surface area contributed by atoms with Crippen molar-refractivity contribution >= 4 is 11.8 Å². The Morgan fingerprint density at radius 1 is 0.400 bits per heavy atom. The van der Waals surface area contributed by atoms with Crippen LogP contribution in [-0.4, -0.2) is 36.1 Å². The third-order valence-corrected chi connectivity index (χ3v) is 10.4. The Labute approximate surface area is 233 Å². The lowest BCUT2D eigenvalue weighted by Crippen LogP contribution is -2.45. The summed E-state index contributed by atoms with van der Waals surface area (Å²) in [5.74, 6) is 2.71. The molecule has 0 saturated carbocycles. The molecule has 4 bridgehead atoms. The summed E-state index contributed by atoms with van der Waals surface area (Å²) in [5.41, 5.74) is 11.3. The second kappa shape index (κ2) is 7.72. The highest BCUT2D eigenvalue weighted by Crippen LogP contribution is 2.57. The van der Waals surface area contributed by atoms with E-state index in [0.29, 0.717) is 0 Å². The van der Waals surface area contributed by atoms with Crippen molar-refractivity contribution in [2.75, 3.05) is 0 Å². The summed E-state index contributed by atoms with van der Waals surface area (Å²) >= 11 is 0. The monoisotopic (exact) mass is 520 g/mol. The van der Waals surface area contributed by atoms with Gasteiger partial charge in [-0.1, -0.05) is 97.1 Å². The summed E-state index contributed by atoms with van der Waals surface area (Å²) in [7, 11) is 0. The zero-order valence-corrected chi connectivity index (χ0v) is 22.0. The maximum Gasteiger partial charge on any atom is 0.184 e. The van der Waals surface area contributed by atoms with E-state index in [1.807, 2.05) is 0 Å². The van der Waals surface area contributed by atoms with Gasteiger partial charge in [0.15, 0.2) is 11.8 Å². The number of hydrogen-bond donors (Lipinski definition) is 0. The van der Waals surface area contributed by atoms with Gasteiger partial charge in [-0.2, -0.15) is 0 Å². The van der Waals surface area contributed by atoms with Gasteiger partial charge in [-0.15, -0.1) is 0 Å². The van der Waals surface area contributed by atoms with Gasteiger partial charge < -0.3 is 9.47 Å². The minimum atomic E-state index is 0.0682. The fraction of sp³-hybridized carbons (Fsp3) is 0.278. The van der Waals surface area contributed by atoms with Crippen molar-refractivity contribution in [1.82, 2.24) is 0 Å². The molecule has 2 heterocycles.